The van der Waals surface area contributed by atoms with Gasteiger partial charge in [0, 0.05) is 11.3 Å². The van der Waals surface area contributed by atoms with Gasteiger partial charge in [0.05, 0.1) is 5.56 Å². The smallest absolute Gasteiger partial charge is 0.416 e. The third-order valence-corrected chi connectivity index (χ3v) is 3.28. The summed E-state index contributed by atoms with van der Waals surface area (Å²) in [5.41, 5.74) is -0.199. The Bertz CT molecular complexity index is 896. The average Bonchev–Trinajstić information content (AvgIpc) is 3.14. The number of hydrogen-bond donors (Lipinski definition) is 1. The summed E-state index contributed by atoms with van der Waals surface area (Å²) in [6.07, 6.45) is -3.29. The van der Waals surface area contributed by atoms with Gasteiger partial charge in [-0.3, -0.25) is 4.79 Å². The molecule has 134 valence electrons. The van der Waals surface area contributed by atoms with Crippen LogP contribution in [0.3, 0.4) is 0 Å². The van der Waals surface area contributed by atoms with Crippen molar-refractivity contribution in [3.63, 3.8) is 0 Å². The van der Waals surface area contributed by atoms with Crippen LogP contribution in [0.4, 0.5) is 18.9 Å². The van der Waals surface area contributed by atoms with Gasteiger partial charge in [-0.2, -0.15) is 13.2 Å². The van der Waals surface area contributed by atoms with Crippen molar-refractivity contribution in [3.05, 3.63) is 60.5 Å². The zero-order valence-corrected chi connectivity index (χ0v) is 13.2. The normalized spacial score (nSPS) is 11.2. The van der Waals surface area contributed by atoms with E-state index in [1.54, 1.807) is 24.3 Å². The molecule has 0 saturated heterocycles. The van der Waals surface area contributed by atoms with Crippen LogP contribution < -0.4 is 10.1 Å². The first kappa shape index (κ1) is 17.5. The molecule has 0 fully saturated rings. The molecule has 3 rings (SSSR count). The number of aromatic nitrogens is 2. The highest BCUT2D eigenvalue weighted by molar-refractivity contribution is 5.92. The number of hydrogen-bond acceptors (Lipinski definition) is 5. The van der Waals surface area contributed by atoms with Crippen molar-refractivity contribution in [2.75, 3.05) is 11.9 Å². The lowest BCUT2D eigenvalue weighted by molar-refractivity contribution is -0.137. The van der Waals surface area contributed by atoms with Crippen LogP contribution in [0.5, 0.6) is 5.75 Å². The van der Waals surface area contributed by atoms with E-state index in [4.69, 9.17) is 9.15 Å². The second-order valence-corrected chi connectivity index (χ2v) is 5.19. The van der Waals surface area contributed by atoms with Gasteiger partial charge in [0.15, 0.2) is 6.61 Å². The lowest BCUT2D eigenvalue weighted by Crippen LogP contribution is -2.20. The number of carbonyl (C=O) groups excluding carboxylic acids is 1. The van der Waals surface area contributed by atoms with Gasteiger partial charge in [-0.1, -0.05) is 12.1 Å². The molecule has 1 heterocycles. The molecule has 3 aromatic rings. The Morgan fingerprint density at radius 1 is 1.15 bits per heavy atom. The Balaban J connectivity index is 1.60. The van der Waals surface area contributed by atoms with Crippen molar-refractivity contribution < 1.29 is 27.1 Å². The summed E-state index contributed by atoms with van der Waals surface area (Å²) in [6.45, 7) is -0.371. The molecule has 0 aliphatic carbocycles. The fourth-order valence-electron chi connectivity index (χ4n) is 2.14. The average molecular weight is 363 g/mol. The minimum atomic E-state index is -4.48. The van der Waals surface area contributed by atoms with E-state index in [9.17, 15) is 18.0 Å². The van der Waals surface area contributed by atoms with Crippen LogP contribution in [0, 0.1) is 0 Å². The summed E-state index contributed by atoms with van der Waals surface area (Å²) < 4.78 is 48.4. The third-order valence-electron chi connectivity index (χ3n) is 3.28. The Labute approximate surface area is 145 Å². The van der Waals surface area contributed by atoms with Crippen molar-refractivity contribution in [2.45, 2.75) is 6.18 Å². The van der Waals surface area contributed by atoms with Crippen LogP contribution in [-0.2, 0) is 11.0 Å². The fraction of sp³-hybridized carbons (Fsp3) is 0.118. The predicted octanol–water partition coefficient (Wildman–Crippen LogP) is 3.77. The van der Waals surface area contributed by atoms with Crippen molar-refractivity contribution in [2.24, 2.45) is 0 Å². The minimum absolute atomic E-state index is 0.0352. The molecule has 2 aromatic carbocycles. The number of nitrogens with one attached hydrogen (secondary N) is 1. The van der Waals surface area contributed by atoms with E-state index in [1.165, 1.54) is 18.5 Å². The van der Waals surface area contributed by atoms with Crippen molar-refractivity contribution in [1.82, 2.24) is 10.2 Å². The number of rotatable bonds is 5. The van der Waals surface area contributed by atoms with E-state index in [1.807, 2.05) is 0 Å². The maximum atomic E-state index is 12.7. The summed E-state index contributed by atoms with van der Waals surface area (Å²) in [4.78, 5) is 11.9. The summed E-state index contributed by atoms with van der Waals surface area (Å²) in [5.74, 6) is 0.0799. The molecule has 0 spiro atoms. The third kappa shape index (κ3) is 4.38. The van der Waals surface area contributed by atoms with E-state index >= 15 is 0 Å². The molecule has 26 heavy (non-hydrogen) atoms. The van der Waals surface area contributed by atoms with Gasteiger partial charge < -0.3 is 14.5 Å². The van der Waals surface area contributed by atoms with Crippen LogP contribution in [0.15, 0.2) is 59.3 Å². The second kappa shape index (κ2) is 7.26. The SMILES string of the molecule is O=C(COc1cccc(-c2nnco2)c1)Nc1cccc(C(F)(F)F)c1. The number of carbonyl (C=O) groups is 1. The number of nitrogens with zero attached hydrogens (tertiary/aromatic N) is 2. The number of ether oxygens (including phenoxy) is 1. The van der Waals surface area contributed by atoms with Crippen molar-refractivity contribution in [3.8, 4) is 17.2 Å². The molecule has 0 aliphatic heterocycles. The molecule has 1 aromatic heterocycles. The fourth-order valence-corrected chi connectivity index (χ4v) is 2.14. The van der Waals surface area contributed by atoms with Crippen LogP contribution in [0.2, 0.25) is 0 Å². The molecule has 0 unspecified atom stereocenters. The predicted molar refractivity (Wildman–Crippen MR) is 85.3 cm³/mol. The molecule has 1 N–H and O–H groups in total. The first-order chi connectivity index (χ1) is 12.4. The van der Waals surface area contributed by atoms with Crippen molar-refractivity contribution in [1.29, 1.82) is 0 Å². The van der Waals surface area contributed by atoms with E-state index in [2.05, 4.69) is 15.5 Å². The summed E-state index contributed by atoms with van der Waals surface area (Å²) in [7, 11) is 0. The topological polar surface area (TPSA) is 77.2 Å². The standard InChI is InChI=1S/C17H12F3N3O3/c18-17(19,20)12-4-2-5-13(8-12)22-15(24)9-25-14-6-1-3-11(7-14)16-23-21-10-26-16/h1-8,10H,9H2,(H,22,24). The van der Waals surface area contributed by atoms with Gasteiger partial charge in [-0.25, -0.2) is 0 Å². The summed E-state index contributed by atoms with van der Waals surface area (Å²) in [6, 6.07) is 11.0. The number of amides is 1. The molecule has 1 amide bonds. The van der Waals surface area contributed by atoms with Gasteiger partial charge in [0.25, 0.3) is 5.91 Å². The largest absolute Gasteiger partial charge is 0.484 e. The quantitative estimate of drug-likeness (QED) is 0.747. The summed E-state index contributed by atoms with van der Waals surface area (Å²) in [5, 5.41) is 9.70. The van der Waals surface area contributed by atoms with E-state index in [0.717, 1.165) is 12.1 Å². The lowest BCUT2D eigenvalue weighted by atomic mass is 10.2. The highest BCUT2D eigenvalue weighted by atomic mass is 19.4. The first-order valence-electron chi connectivity index (χ1n) is 7.38. The number of benzene rings is 2. The molecule has 0 bridgehead atoms. The zero-order chi connectivity index (χ0) is 18.6. The maximum absolute atomic E-state index is 12.7. The van der Waals surface area contributed by atoms with Gasteiger partial charge in [-0.05, 0) is 36.4 Å². The lowest BCUT2D eigenvalue weighted by Gasteiger charge is -2.10. The summed E-state index contributed by atoms with van der Waals surface area (Å²) >= 11 is 0. The zero-order valence-electron chi connectivity index (χ0n) is 13.2. The molecule has 0 radical (unpaired) electrons. The molecule has 9 heteroatoms. The van der Waals surface area contributed by atoms with Gasteiger partial charge >= 0.3 is 6.18 Å². The second-order valence-electron chi connectivity index (χ2n) is 5.19. The highest BCUT2D eigenvalue weighted by Crippen LogP contribution is 2.30. The van der Waals surface area contributed by atoms with Crippen LogP contribution in [0.25, 0.3) is 11.5 Å². The molecular formula is C17H12F3N3O3. The Kier molecular flexibility index (Phi) is 4.87. The Morgan fingerprint density at radius 3 is 2.69 bits per heavy atom. The van der Waals surface area contributed by atoms with Crippen molar-refractivity contribution >= 4 is 11.6 Å². The molecule has 0 aliphatic rings. The van der Waals surface area contributed by atoms with Gasteiger partial charge in [-0.15, -0.1) is 10.2 Å². The minimum Gasteiger partial charge on any atom is -0.484 e. The Hall–Kier alpha value is -3.36. The molecule has 0 saturated carbocycles. The van der Waals surface area contributed by atoms with Gasteiger partial charge in [0.1, 0.15) is 5.75 Å². The molecule has 6 nitrogen and oxygen atoms in total. The van der Waals surface area contributed by atoms with E-state index in [-0.39, 0.29) is 12.3 Å². The highest BCUT2D eigenvalue weighted by Gasteiger charge is 2.30. The number of halogens is 3. The van der Waals surface area contributed by atoms with Crippen LogP contribution in [0.1, 0.15) is 5.56 Å². The first-order valence-corrected chi connectivity index (χ1v) is 7.38. The van der Waals surface area contributed by atoms with E-state index in [0.29, 0.717) is 17.2 Å². The Morgan fingerprint density at radius 2 is 1.96 bits per heavy atom. The monoisotopic (exact) mass is 363 g/mol. The molecule has 0 atom stereocenters. The van der Waals surface area contributed by atoms with E-state index < -0.39 is 17.6 Å². The van der Waals surface area contributed by atoms with Crippen LogP contribution in [-0.4, -0.2) is 22.7 Å². The van der Waals surface area contributed by atoms with Crippen LogP contribution >= 0.6 is 0 Å². The number of alkyl halides is 3. The maximum Gasteiger partial charge on any atom is 0.416 e. The van der Waals surface area contributed by atoms with Gasteiger partial charge in [0.2, 0.25) is 12.3 Å². The number of anilines is 1. The molecular weight excluding hydrogens is 351 g/mol.